The predicted molar refractivity (Wildman–Crippen MR) is 96.1 cm³/mol. The fraction of sp³-hybridized carbons (Fsp3) is 0.579. The van der Waals surface area contributed by atoms with Crippen molar-refractivity contribution < 1.29 is 19.1 Å². The van der Waals surface area contributed by atoms with E-state index in [0.717, 1.165) is 12.8 Å². The highest BCUT2D eigenvalue weighted by molar-refractivity contribution is 5.98. The molecule has 1 fully saturated rings. The van der Waals surface area contributed by atoms with Crippen LogP contribution < -0.4 is 14.8 Å². The molecule has 0 saturated carbocycles. The molecule has 1 atom stereocenters. The maximum Gasteiger partial charge on any atom is 0.254 e. The van der Waals surface area contributed by atoms with E-state index in [2.05, 4.69) is 5.32 Å². The average molecular weight is 348 g/mol. The summed E-state index contributed by atoms with van der Waals surface area (Å²) >= 11 is 0. The number of likely N-dealkylation sites (tertiary alicyclic amines) is 1. The third-order valence-electron chi connectivity index (χ3n) is 4.20. The molecule has 1 saturated heterocycles. The molecule has 1 heterocycles. The number of amides is 2. The van der Waals surface area contributed by atoms with Gasteiger partial charge in [0.25, 0.3) is 5.91 Å². The lowest BCUT2D eigenvalue weighted by atomic mass is 9.98. The van der Waals surface area contributed by atoms with Gasteiger partial charge < -0.3 is 19.7 Å². The van der Waals surface area contributed by atoms with E-state index in [-0.39, 0.29) is 17.4 Å². The van der Waals surface area contributed by atoms with Gasteiger partial charge in [-0.2, -0.15) is 0 Å². The van der Waals surface area contributed by atoms with Gasteiger partial charge in [0.1, 0.15) is 6.04 Å². The minimum Gasteiger partial charge on any atom is -0.493 e. The summed E-state index contributed by atoms with van der Waals surface area (Å²) in [5, 5.41) is 2.99. The van der Waals surface area contributed by atoms with Gasteiger partial charge in [-0.25, -0.2) is 0 Å². The van der Waals surface area contributed by atoms with Gasteiger partial charge in [0.15, 0.2) is 11.5 Å². The molecule has 0 aromatic heterocycles. The normalized spacial score (nSPS) is 17.8. The van der Waals surface area contributed by atoms with Gasteiger partial charge in [-0.05, 0) is 58.2 Å². The Morgan fingerprint density at radius 3 is 2.40 bits per heavy atom. The van der Waals surface area contributed by atoms with Gasteiger partial charge in [-0.3, -0.25) is 9.59 Å². The lowest BCUT2D eigenvalue weighted by Gasteiger charge is -2.36. The Morgan fingerprint density at radius 2 is 1.80 bits per heavy atom. The highest BCUT2D eigenvalue weighted by Gasteiger charge is 2.34. The number of nitrogens with one attached hydrogen (secondary N) is 1. The highest BCUT2D eigenvalue weighted by Crippen LogP contribution is 2.29. The molecule has 6 nitrogen and oxygen atoms in total. The van der Waals surface area contributed by atoms with E-state index in [1.54, 1.807) is 30.2 Å². The van der Waals surface area contributed by atoms with E-state index in [1.165, 1.54) is 7.11 Å². The van der Waals surface area contributed by atoms with Crippen LogP contribution in [0.4, 0.5) is 0 Å². The largest absolute Gasteiger partial charge is 0.493 e. The van der Waals surface area contributed by atoms with E-state index >= 15 is 0 Å². The monoisotopic (exact) mass is 348 g/mol. The molecule has 2 rings (SSSR count). The van der Waals surface area contributed by atoms with E-state index in [9.17, 15) is 9.59 Å². The van der Waals surface area contributed by atoms with Crippen molar-refractivity contribution in [2.45, 2.75) is 51.6 Å². The fourth-order valence-corrected chi connectivity index (χ4v) is 3.04. The van der Waals surface area contributed by atoms with Gasteiger partial charge >= 0.3 is 0 Å². The SMILES string of the molecule is COc1ccc(C(=O)N2CCCCC2C(=O)NC(C)(C)C)cc1OC. The maximum atomic E-state index is 13.0. The number of rotatable bonds is 4. The van der Waals surface area contributed by atoms with Crippen LogP contribution in [0.2, 0.25) is 0 Å². The molecule has 1 aliphatic heterocycles. The van der Waals surface area contributed by atoms with Crippen molar-refractivity contribution in [1.29, 1.82) is 0 Å². The zero-order chi connectivity index (χ0) is 18.6. The summed E-state index contributed by atoms with van der Waals surface area (Å²) in [6, 6.07) is 4.64. The van der Waals surface area contributed by atoms with Crippen molar-refractivity contribution >= 4 is 11.8 Å². The Morgan fingerprint density at radius 1 is 1.12 bits per heavy atom. The molecule has 1 aromatic carbocycles. The van der Waals surface area contributed by atoms with Crippen molar-refractivity contribution in [1.82, 2.24) is 10.2 Å². The predicted octanol–water partition coefficient (Wildman–Crippen LogP) is 2.61. The zero-order valence-electron chi connectivity index (χ0n) is 15.7. The molecular formula is C19H28N2O4. The molecule has 25 heavy (non-hydrogen) atoms. The van der Waals surface area contributed by atoms with Crippen LogP contribution in [0.5, 0.6) is 11.5 Å². The second-order valence-electron chi connectivity index (χ2n) is 7.32. The summed E-state index contributed by atoms with van der Waals surface area (Å²) in [7, 11) is 3.09. The van der Waals surface area contributed by atoms with Crippen molar-refractivity contribution in [3.63, 3.8) is 0 Å². The van der Waals surface area contributed by atoms with Crippen molar-refractivity contribution in [3.8, 4) is 11.5 Å². The first-order chi connectivity index (χ1) is 11.8. The van der Waals surface area contributed by atoms with E-state index in [1.807, 2.05) is 20.8 Å². The number of carbonyl (C=O) groups is 2. The van der Waals surface area contributed by atoms with Crippen molar-refractivity contribution in [2.75, 3.05) is 20.8 Å². The zero-order valence-corrected chi connectivity index (χ0v) is 15.7. The summed E-state index contributed by atoms with van der Waals surface area (Å²) in [6.07, 6.45) is 2.53. The number of benzene rings is 1. The number of nitrogens with zero attached hydrogens (tertiary/aromatic N) is 1. The topological polar surface area (TPSA) is 67.9 Å². The Hall–Kier alpha value is -2.24. The number of ether oxygens (including phenoxy) is 2. The average Bonchev–Trinajstić information content (AvgIpc) is 2.59. The first-order valence-electron chi connectivity index (χ1n) is 8.62. The Kier molecular flexibility index (Phi) is 5.93. The molecule has 1 aliphatic rings. The smallest absolute Gasteiger partial charge is 0.254 e. The summed E-state index contributed by atoms with van der Waals surface area (Å²) < 4.78 is 10.5. The molecule has 138 valence electrons. The lowest BCUT2D eigenvalue weighted by Crippen LogP contribution is -2.55. The van der Waals surface area contributed by atoms with Crippen LogP contribution in [0.1, 0.15) is 50.4 Å². The number of hydrogen-bond donors (Lipinski definition) is 1. The Labute approximate surface area is 149 Å². The van der Waals surface area contributed by atoms with Crippen LogP contribution in [0.15, 0.2) is 18.2 Å². The number of carbonyl (C=O) groups excluding carboxylic acids is 2. The molecule has 6 heteroatoms. The van der Waals surface area contributed by atoms with Crippen molar-refractivity contribution in [2.24, 2.45) is 0 Å². The minimum atomic E-state index is -0.437. The van der Waals surface area contributed by atoms with Crippen molar-refractivity contribution in [3.05, 3.63) is 23.8 Å². The first kappa shape index (κ1) is 19.1. The summed E-state index contributed by atoms with van der Waals surface area (Å²) in [4.78, 5) is 27.3. The standard InChI is InChI=1S/C19H28N2O4/c1-19(2,3)20-17(22)14-8-6-7-11-21(14)18(23)13-9-10-15(24-4)16(12-13)25-5/h9-10,12,14H,6-8,11H2,1-5H3,(H,20,22). The van der Waals surface area contributed by atoms with E-state index in [4.69, 9.17) is 9.47 Å². The number of piperidine rings is 1. The lowest BCUT2D eigenvalue weighted by molar-refractivity contribution is -0.128. The maximum absolute atomic E-state index is 13.0. The number of hydrogen-bond acceptors (Lipinski definition) is 4. The second-order valence-corrected chi connectivity index (χ2v) is 7.32. The van der Waals surface area contributed by atoms with E-state index in [0.29, 0.717) is 30.0 Å². The summed E-state index contributed by atoms with van der Waals surface area (Å²) in [5.74, 6) is 0.816. The summed E-state index contributed by atoms with van der Waals surface area (Å²) in [5.41, 5.74) is 0.167. The third-order valence-corrected chi connectivity index (χ3v) is 4.20. The van der Waals surface area contributed by atoms with Gasteiger partial charge in [-0.1, -0.05) is 0 Å². The van der Waals surface area contributed by atoms with E-state index < -0.39 is 6.04 Å². The molecule has 0 aliphatic carbocycles. The molecule has 1 unspecified atom stereocenters. The highest BCUT2D eigenvalue weighted by atomic mass is 16.5. The van der Waals surface area contributed by atoms with Gasteiger partial charge in [0, 0.05) is 17.6 Å². The van der Waals surface area contributed by atoms with Gasteiger partial charge in [0.2, 0.25) is 5.91 Å². The molecule has 0 bridgehead atoms. The molecule has 1 N–H and O–H groups in total. The first-order valence-corrected chi connectivity index (χ1v) is 8.62. The van der Waals surface area contributed by atoms with Gasteiger partial charge in [-0.15, -0.1) is 0 Å². The van der Waals surface area contributed by atoms with Gasteiger partial charge in [0.05, 0.1) is 14.2 Å². The fourth-order valence-electron chi connectivity index (χ4n) is 3.04. The second kappa shape index (κ2) is 7.76. The Balaban J connectivity index is 2.24. The van der Waals surface area contributed by atoms with Crippen LogP contribution in [-0.4, -0.2) is 49.1 Å². The summed E-state index contributed by atoms with van der Waals surface area (Å²) in [6.45, 7) is 6.39. The van der Waals surface area contributed by atoms with Crippen LogP contribution in [0.3, 0.4) is 0 Å². The van der Waals surface area contributed by atoms with Crippen LogP contribution in [0.25, 0.3) is 0 Å². The van der Waals surface area contributed by atoms with Crippen LogP contribution in [-0.2, 0) is 4.79 Å². The van der Waals surface area contributed by atoms with Crippen LogP contribution >= 0.6 is 0 Å². The molecule has 0 radical (unpaired) electrons. The third kappa shape index (κ3) is 4.65. The minimum absolute atomic E-state index is 0.0963. The van der Waals surface area contributed by atoms with Crippen LogP contribution in [0, 0.1) is 0 Å². The Bertz CT molecular complexity index is 637. The number of methoxy groups -OCH3 is 2. The molecule has 0 spiro atoms. The molecular weight excluding hydrogens is 320 g/mol. The quantitative estimate of drug-likeness (QED) is 0.908. The molecule has 2 amide bonds. The molecule has 1 aromatic rings.